The summed E-state index contributed by atoms with van der Waals surface area (Å²) in [5.41, 5.74) is 5.94. The molecule has 1 aromatic heterocycles. The zero-order chi connectivity index (χ0) is 18.4. The first-order valence-electron chi connectivity index (χ1n) is 8.25. The molecule has 0 saturated carbocycles. The van der Waals surface area contributed by atoms with Gasteiger partial charge in [-0.3, -0.25) is 0 Å². The molecule has 1 N–H and O–H groups in total. The molecule has 3 aromatic rings. The maximum Gasteiger partial charge on any atom is 0.241 e. The molecule has 0 fully saturated rings. The van der Waals surface area contributed by atoms with Gasteiger partial charge in [-0.2, -0.15) is 0 Å². The Balaban J connectivity index is 1.98. The second kappa shape index (κ2) is 6.56. The molecule has 2 aromatic carbocycles. The molecule has 132 valence electrons. The standard InChI is InChI=1S/C20H23NO2S2/c1-12-13(2)15(4)20(16(5)14(12)3)25(22,23)21-10-17-11-24-19-9-7-6-8-18(17)19/h6-9,11,21H,10H2,1-5H3. The van der Waals surface area contributed by atoms with Crippen molar-refractivity contribution in [2.45, 2.75) is 46.1 Å². The van der Waals surface area contributed by atoms with Gasteiger partial charge < -0.3 is 0 Å². The van der Waals surface area contributed by atoms with Gasteiger partial charge >= 0.3 is 0 Å². The van der Waals surface area contributed by atoms with Crippen LogP contribution in [0.2, 0.25) is 0 Å². The van der Waals surface area contributed by atoms with Crippen LogP contribution in [0.1, 0.15) is 33.4 Å². The van der Waals surface area contributed by atoms with Gasteiger partial charge in [-0.1, -0.05) is 18.2 Å². The predicted molar refractivity (Wildman–Crippen MR) is 106 cm³/mol. The SMILES string of the molecule is Cc1c(C)c(C)c(S(=O)(=O)NCc2csc3ccccc23)c(C)c1C. The average Bonchev–Trinajstić information content (AvgIpc) is 3.00. The van der Waals surface area contributed by atoms with Gasteiger partial charge in [0.25, 0.3) is 0 Å². The maximum atomic E-state index is 13.0. The molecule has 0 unspecified atom stereocenters. The summed E-state index contributed by atoms with van der Waals surface area (Å²) in [5.74, 6) is 0. The average molecular weight is 374 g/mol. The minimum Gasteiger partial charge on any atom is -0.207 e. The summed E-state index contributed by atoms with van der Waals surface area (Å²) in [6.45, 7) is 10.1. The molecular weight excluding hydrogens is 350 g/mol. The Bertz CT molecular complexity index is 1030. The van der Waals surface area contributed by atoms with Gasteiger partial charge in [0.1, 0.15) is 0 Å². The number of thiophene rings is 1. The summed E-state index contributed by atoms with van der Waals surface area (Å²) in [5, 5.41) is 3.14. The van der Waals surface area contributed by atoms with Gasteiger partial charge in [-0.05, 0) is 84.8 Å². The zero-order valence-corrected chi connectivity index (χ0v) is 16.9. The van der Waals surface area contributed by atoms with Crippen LogP contribution in [0.5, 0.6) is 0 Å². The van der Waals surface area contributed by atoms with Gasteiger partial charge in [0.2, 0.25) is 10.0 Å². The second-order valence-electron chi connectivity index (χ2n) is 6.54. The molecule has 0 aliphatic carbocycles. The second-order valence-corrected chi connectivity index (χ2v) is 9.15. The number of hydrogen-bond acceptors (Lipinski definition) is 3. The van der Waals surface area contributed by atoms with E-state index >= 15 is 0 Å². The first-order chi connectivity index (χ1) is 11.7. The highest BCUT2D eigenvalue weighted by Crippen LogP contribution is 2.30. The molecular formula is C20H23NO2S2. The van der Waals surface area contributed by atoms with Crippen molar-refractivity contribution >= 4 is 31.4 Å². The summed E-state index contributed by atoms with van der Waals surface area (Å²) in [7, 11) is -3.57. The van der Waals surface area contributed by atoms with Crippen molar-refractivity contribution in [1.82, 2.24) is 4.72 Å². The lowest BCUT2D eigenvalue weighted by Crippen LogP contribution is -2.25. The lowest BCUT2D eigenvalue weighted by Gasteiger charge is -2.19. The molecule has 0 amide bonds. The summed E-state index contributed by atoms with van der Waals surface area (Å²) in [6, 6.07) is 8.07. The van der Waals surface area contributed by atoms with E-state index in [2.05, 4.69) is 10.8 Å². The summed E-state index contributed by atoms with van der Waals surface area (Å²) >= 11 is 1.64. The summed E-state index contributed by atoms with van der Waals surface area (Å²) in [4.78, 5) is 0.424. The molecule has 0 aliphatic rings. The molecule has 3 rings (SSSR count). The van der Waals surface area contributed by atoms with Gasteiger partial charge in [0.15, 0.2) is 0 Å². The van der Waals surface area contributed by atoms with Crippen LogP contribution in [0.3, 0.4) is 0 Å². The lowest BCUT2D eigenvalue weighted by atomic mass is 9.95. The van der Waals surface area contributed by atoms with Crippen molar-refractivity contribution in [3.63, 3.8) is 0 Å². The number of rotatable bonds is 4. The molecule has 0 radical (unpaired) electrons. The number of sulfonamides is 1. The third-order valence-electron chi connectivity index (χ3n) is 5.21. The van der Waals surface area contributed by atoms with Crippen molar-refractivity contribution in [3.05, 3.63) is 63.0 Å². The van der Waals surface area contributed by atoms with Crippen LogP contribution in [0.15, 0.2) is 34.5 Å². The summed E-state index contributed by atoms with van der Waals surface area (Å²) in [6.07, 6.45) is 0. The maximum absolute atomic E-state index is 13.0. The van der Waals surface area contributed by atoms with Crippen molar-refractivity contribution < 1.29 is 8.42 Å². The number of nitrogens with one attached hydrogen (secondary N) is 1. The van der Waals surface area contributed by atoms with E-state index in [4.69, 9.17) is 0 Å². The highest BCUT2D eigenvalue weighted by atomic mass is 32.2. The molecule has 0 atom stereocenters. The molecule has 25 heavy (non-hydrogen) atoms. The van der Waals surface area contributed by atoms with Crippen LogP contribution in [-0.4, -0.2) is 8.42 Å². The van der Waals surface area contributed by atoms with Crippen molar-refractivity contribution in [1.29, 1.82) is 0 Å². The quantitative estimate of drug-likeness (QED) is 0.705. The van der Waals surface area contributed by atoms with Gasteiger partial charge in [-0.25, -0.2) is 13.1 Å². The van der Waals surface area contributed by atoms with Crippen molar-refractivity contribution in [3.8, 4) is 0 Å². The van der Waals surface area contributed by atoms with E-state index in [-0.39, 0.29) is 0 Å². The Kier molecular flexibility index (Phi) is 4.75. The van der Waals surface area contributed by atoms with E-state index in [1.54, 1.807) is 11.3 Å². The molecule has 0 aliphatic heterocycles. The van der Waals surface area contributed by atoms with Crippen LogP contribution in [-0.2, 0) is 16.6 Å². The fourth-order valence-electron chi connectivity index (χ4n) is 3.28. The monoisotopic (exact) mass is 373 g/mol. The molecule has 1 heterocycles. The van der Waals surface area contributed by atoms with E-state index in [1.165, 1.54) is 4.70 Å². The van der Waals surface area contributed by atoms with Crippen molar-refractivity contribution in [2.75, 3.05) is 0 Å². The van der Waals surface area contributed by atoms with Crippen LogP contribution < -0.4 is 4.72 Å². The molecule has 5 heteroatoms. The topological polar surface area (TPSA) is 46.2 Å². The summed E-state index contributed by atoms with van der Waals surface area (Å²) < 4.78 is 30.0. The minimum absolute atomic E-state index is 0.303. The van der Waals surface area contributed by atoms with Gasteiger partial charge in [-0.15, -0.1) is 11.3 Å². The molecule has 0 saturated heterocycles. The van der Waals surface area contributed by atoms with Crippen LogP contribution in [0, 0.1) is 34.6 Å². The van der Waals surface area contributed by atoms with Crippen LogP contribution in [0.4, 0.5) is 0 Å². The smallest absolute Gasteiger partial charge is 0.207 e. The van der Waals surface area contributed by atoms with Crippen molar-refractivity contribution in [2.24, 2.45) is 0 Å². The number of benzene rings is 2. The Hall–Kier alpha value is -1.69. The highest BCUT2D eigenvalue weighted by molar-refractivity contribution is 7.89. The van der Waals surface area contributed by atoms with E-state index < -0.39 is 10.0 Å². The fraction of sp³-hybridized carbons (Fsp3) is 0.300. The third-order valence-corrected chi connectivity index (χ3v) is 7.90. The highest BCUT2D eigenvalue weighted by Gasteiger charge is 2.23. The Morgan fingerprint density at radius 3 is 2.08 bits per heavy atom. The molecule has 0 spiro atoms. The van der Waals surface area contributed by atoms with Gasteiger partial charge in [0, 0.05) is 11.2 Å². The van der Waals surface area contributed by atoms with E-state index in [0.717, 1.165) is 38.8 Å². The number of fused-ring (bicyclic) bond motifs is 1. The third kappa shape index (κ3) is 3.12. The van der Waals surface area contributed by atoms with Crippen LogP contribution >= 0.6 is 11.3 Å². The first-order valence-corrected chi connectivity index (χ1v) is 10.6. The van der Waals surface area contributed by atoms with E-state index in [1.807, 2.05) is 58.2 Å². The normalized spacial score (nSPS) is 12.0. The van der Waals surface area contributed by atoms with E-state index in [9.17, 15) is 8.42 Å². The molecule has 3 nitrogen and oxygen atoms in total. The molecule has 0 bridgehead atoms. The zero-order valence-electron chi connectivity index (χ0n) is 15.2. The lowest BCUT2D eigenvalue weighted by molar-refractivity contribution is 0.580. The minimum atomic E-state index is -3.57. The fourth-order valence-corrected chi connectivity index (χ4v) is 5.85. The predicted octanol–water partition coefficient (Wildman–Crippen LogP) is 4.92. The Morgan fingerprint density at radius 1 is 0.880 bits per heavy atom. The Morgan fingerprint density at radius 2 is 1.44 bits per heavy atom. The van der Waals surface area contributed by atoms with Gasteiger partial charge in [0.05, 0.1) is 4.90 Å². The Labute approximate surface area is 153 Å². The number of hydrogen-bond donors (Lipinski definition) is 1. The first kappa shape index (κ1) is 18.1. The van der Waals surface area contributed by atoms with E-state index in [0.29, 0.717) is 11.4 Å². The largest absolute Gasteiger partial charge is 0.241 e. The van der Waals surface area contributed by atoms with Crippen LogP contribution in [0.25, 0.3) is 10.1 Å².